The fourth-order valence-corrected chi connectivity index (χ4v) is 1.98. The van der Waals surface area contributed by atoms with Crippen molar-refractivity contribution in [3.63, 3.8) is 0 Å². The highest BCUT2D eigenvalue weighted by Crippen LogP contribution is 2.20. The molecule has 0 fully saturated rings. The fraction of sp³-hybridized carbons (Fsp3) is 0.133. The number of carbonyl (C=O) groups is 1. The van der Waals surface area contributed by atoms with Crippen molar-refractivity contribution in [1.82, 2.24) is 0 Å². The maximum Gasteiger partial charge on any atom is 0.335 e. The van der Waals surface area contributed by atoms with Gasteiger partial charge in [-0.1, -0.05) is 11.6 Å². The SMILES string of the molecule is Cc1cc(OCc2cc(Cl)ccc2F)ccc1C(=O)O. The van der Waals surface area contributed by atoms with E-state index in [-0.39, 0.29) is 12.2 Å². The zero-order valence-corrected chi connectivity index (χ0v) is 11.4. The van der Waals surface area contributed by atoms with Crippen LogP contribution in [-0.2, 0) is 6.61 Å². The molecular formula is C15H12ClFO3. The number of aromatic carboxylic acids is 1. The van der Waals surface area contributed by atoms with E-state index in [4.69, 9.17) is 21.4 Å². The van der Waals surface area contributed by atoms with E-state index in [1.165, 1.54) is 24.3 Å². The summed E-state index contributed by atoms with van der Waals surface area (Å²) < 4.78 is 19.0. The van der Waals surface area contributed by atoms with Crippen molar-refractivity contribution < 1.29 is 19.0 Å². The molecule has 0 atom stereocenters. The highest BCUT2D eigenvalue weighted by atomic mass is 35.5. The Bertz CT molecular complexity index is 656. The molecule has 0 bridgehead atoms. The second kappa shape index (κ2) is 5.92. The Morgan fingerprint density at radius 3 is 2.70 bits per heavy atom. The van der Waals surface area contributed by atoms with Crippen molar-refractivity contribution in [2.45, 2.75) is 13.5 Å². The van der Waals surface area contributed by atoms with Gasteiger partial charge in [-0.05, 0) is 48.9 Å². The Kier molecular flexibility index (Phi) is 4.25. The minimum Gasteiger partial charge on any atom is -0.489 e. The van der Waals surface area contributed by atoms with Crippen LogP contribution in [0.2, 0.25) is 5.02 Å². The molecule has 2 aromatic carbocycles. The first-order chi connectivity index (χ1) is 9.47. The maximum absolute atomic E-state index is 13.5. The van der Waals surface area contributed by atoms with Gasteiger partial charge in [0.1, 0.15) is 18.2 Å². The maximum atomic E-state index is 13.5. The smallest absolute Gasteiger partial charge is 0.335 e. The van der Waals surface area contributed by atoms with E-state index in [2.05, 4.69) is 0 Å². The molecule has 0 amide bonds. The molecule has 3 nitrogen and oxygen atoms in total. The third-order valence-electron chi connectivity index (χ3n) is 2.83. The average molecular weight is 295 g/mol. The molecule has 0 aliphatic rings. The summed E-state index contributed by atoms with van der Waals surface area (Å²) in [7, 11) is 0. The van der Waals surface area contributed by atoms with E-state index in [9.17, 15) is 9.18 Å². The number of hydrogen-bond acceptors (Lipinski definition) is 2. The molecule has 0 aliphatic carbocycles. The first-order valence-corrected chi connectivity index (χ1v) is 6.26. The van der Waals surface area contributed by atoms with Crippen LogP contribution in [0.15, 0.2) is 36.4 Å². The number of aryl methyl sites for hydroxylation is 1. The Balaban J connectivity index is 2.13. The van der Waals surface area contributed by atoms with Gasteiger partial charge in [0, 0.05) is 10.6 Å². The number of carboxylic acid groups (broad SMARTS) is 1. The molecule has 0 unspecified atom stereocenters. The first kappa shape index (κ1) is 14.3. The van der Waals surface area contributed by atoms with Gasteiger partial charge in [0.15, 0.2) is 0 Å². The number of hydrogen-bond donors (Lipinski definition) is 1. The number of benzene rings is 2. The zero-order valence-electron chi connectivity index (χ0n) is 10.7. The minimum absolute atomic E-state index is 0.0260. The van der Waals surface area contributed by atoms with Crippen LogP contribution in [-0.4, -0.2) is 11.1 Å². The lowest BCUT2D eigenvalue weighted by Gasteiger charge is -2.09. The second-order valence-electron chi connectivity index (χ2n) is 4.31. The summed E-state index contributed by atoms with van der Waals surface area (Å²) in [4.78, 5) is 10.9. The Hall–Kier alpha value is -2.07. The van der Waals surface area contributed by atoms with E-state index < -0.39 is 11.8 Å². The molecule has 2 rings (SSSR count). The standard InChI is InChI=1S/C15H12ClFO3/c1-9-6-12(3-4-13(9)15(18)19)20-8-10-7-11(16)2-5-14(10)17/h2-7H,8H2,1H3,(H,18,19). The summed E-state index contributed by atoms with van der Waals surface area (Å²) >= 11 is 5.79. The van der Waals surface area contributed by atoms with Crippen molar-refractivity contribution >= 4 is 17.6 Å². The summed E-state index contributed by atoms with van der Waals surface area (Å²) in [6.07, 6.45) is 0. The van der Waals surface area contributed by atoms with Crippen molar-refractivity contribution in [3.05, 3.63) is 63.9 Å². The third kappa shape index (κ3) is 3.27. The Morgan fingerprint density at radius 2 is 2.05 bits per heavy atom. The number of halogens is 2. The quantitative estimate of drug-likeness (QED) is 0.925. The topological polar surface area (TPSA) is 46.5 Å². The zero-order chi connectivity index (χ0) is 14.7. The lowest BCUT2D eigenvalue weighted by Crippen LogP contribution is -2.02. The van der Waals surface area contributed by atoms with Crippen LogP contribution in [0.4, 0.5) is 4.39 Å². The number of ether oxygens (including phenoxy) is 1. The Labute approximate surface area is 120 Å². The lowest BCUT2D eigenvalue weighted by molar-refractivity contribution is 0.0696. The second-order valence-corrected chi connectivity index (χ2v) is 4.74. The molecule has 2 aromatic rings. The average Bonchev–Trinajstić information content (AvgIpc) is 2.39. The molecule has 0 saturated carbocycles. The van der Waals surface area contributed by atoms with Crippen molar-refractivity contribution in [2.24, 2.45) is 0 Å². The Morgan fingerprint density at radius 1 is 1.30 bits per heavy atom. The molecule has 5 heteroatoms. The van der Waals surface area contributed by atoms with E-state index in [0.717, 1.165) is 0 Å². The summed E-state index contributed by atoms with van der Waals surface area (Å²) in [5, 5.41) is 9.36. The molecule has 0 spiro atoms. The summed E-state index contributed by atoms with van der Waals surface area (Å²) in [6.45, 7) is 1.70. The fourth-order valence-electron chi connectivity index (χ4n) is 1.78. The molecule has 1 N–H and O–H groups in total. The van der Waals surface area contributed by atoms with Crippen LogP contribution in [0.3, 0.4) is 0 Å². The number of carboxylic acids is 1. The van der Waals surface area contributed by atoms with Gasteiger partial charge < -0.3 is 9.84 Å². The molecular weight excluding hydrogens is 283 g/mol. The molecule has 0 radical (unpaired) electrons. The van der Waals surface area contributed by atoms with Crippen molar-refractivity contribution in [2.75, 3.05) is 0 Å². The summed E-state index contributed by atoms with van der Waals surface area (Å²) in [6, 6.07) is 8.84. The van der Waals surface area contributed by atoms with E-state index >= 15 is 0 Å². The molecule has 0 heterocycles. The summed E-state index contributed by atoms with van der Waals surface area (Å²) in [5.41, 5.74) is 1.14. The van der Waals surface area contributed by atoms with Crippen LogP contribution in [0.1, 0.15) is 21.5 Å². The molecule has 104 valence electrons. The first-order valence-electron chi connectivity index (χ1n) is 5.88. The molecule has 0 aliphatic heterocycles. The normalized spacial score (nSPS) is 10.3. The minimum atomic E-state index is -0.991. The lowest BCUT2D eigenvalue weighted by atomic mass is 10.1. The van der Waals surface area contributed by atoms with Crippen LogP contribution < -0.4 is 4.74 Å². The predicted molar refractivity (Wildman–Crippen MR) is 73.9 cm³/mol. The van der Waals surface area contributed by atoms with Crippen LogP contribution in [0.25, 0.3) is 0 Å². The van der Waals surface area contributed by atoms with Crippen LogP contribution in [0, 0.1) is 12.7 Å². The van der Waals surface area contributed by atoms with Crippen LogP contribution >= 0.6 is 11.6 Å². The van der Waals surface area contributed by atoms with Gasteiger partial charge >= 0.3 is 5.97 Å². The van der Waals surface area contributed by atoms with Gasteiger partial charge in [0.2, 0.25) is 0 Å². The van der Waals surface area contributed by atoms with Crippen LogP contribution in [0.5, 0.6) is 5.75 Å². The summed E-state index contributed by atoms with van der Waals surface area (Å²) in [5.74, 6) is -0.907. The predicted octanol–water partition coefficient (Wildman–Crippen LogP) is 4.06. The van der Waals surface area contributed by atoms with Gasteiger partial charge in [0.05, 0.1) is 5.56 Å². The van der Waals surface area contributed by atoms with Crippen molar-refractivity contribution in [1.29, 1.82) is 0 Å². The van der Waals surface area contributed by atoms with Crippen molar-refractivity contribution in [3.8, 4) is 5.75 Å². The number of rotatable bonds is 4. The molecule has 0 saturated heterocycles. The van der Waals surface area contributed by atoms with Gasteiger partial charge in [-0.15, -0.1) is 0 Å². The monoisotopic (exact) mass is 294 g/mol. The highest BCUT2D eigenvalue weighted by Gasteiger charge is 2.09. The largest absolute Gasteiger partial charge is 0.489 e. The van der Waals surface area contributed by atoms with E-state index in [1.54, 1.807) is 19.1 Å². The molecule has 20 heavy (non-hydrogen) atoms. The van der Waals surface area contributed by atoms with E-state index in [1.807, 2.05) is 0 Å². The van der Waals surface area contributed by atoms with E-state index in [0.29, 0.717) is 21.9 Å². The van der Waals surface area contributed by atoms with Gasteiger partial charge in [-0.2, -0.15) is 0 Å². The molecule has 0 aromatic heterocycles. The third-order valence-corrected chi connectivity index (χ3v) is 3.07. The highest BCUT2D eigenvalue weighted by molar-refractivity contribution is 6.30. The van der Waals surface area contributed by atoms with Gasteiger partial charge in [-0.25, -0.2) is 9.18 Å². The van der Waals surface area contributed by atoms with Gasteiger partial charge in [-0.3, -0.25) is 0 Å². The van der Waals surface area contributed by atoms with Gasteiger partial charge in [0.25, 0.3) is 0 Å².